The molecule has 0 aliphatic rings. The number of amides is 1. The molecule has 4 aromatic carbocycles. The van der Waals surface area contributed by atoms with Crippen molar-refractivity contribution in [2.24, 2.45) is 0 Å². The maximum Gasteiger partial charge on any atom is 0.412 e. The van der Waals surface area contributed by atoms with Crippen LogP contribution in [0.4, 0.5) is 13.2 Å². The Morgan fingerprint density at radius 1 is 0.805 bits per heavy atom. The zero-order valence-electron chi connectivity index (χ0n) is 23.6. The van der Waals surface area contributed by atoms with Crippen LogP contribution in [0.1, 0.15) is 64.1 Å². The van der Waals surface area contributed by atoms with Crippen LogP contribution in [0.15, 0.2) is 97.1 Å². The van der Waals surface area contributed by atoms with Gasteiger partial charge in [-0.2, -0.15) is 13.2 Å². The largest absolute Gasteiger partial charge is 0.412 e. The number of rotatable bonds is 7. The Bertz CT molecular complexity index is 1680. The molecule has 0 fully saturated rings. The summed E-state index contributed by atoms with van der Waals surface area (Å²) >= 11 is 0. The average Bonchev–Trinajstić information content (AvgIpc) is 3.20. The van der Waals surface area contributed by atoms with Crippen molar-refractivity contribution in [2.45, 2.75) is 52.4 Å². The van der Waals surface area contributed by atoms with Crippen LogP contribution in [0.25, 0.3) is 22.0 Å². The Balaban J connectivity index is 1.41. The lowest BCUT2D eigenvalue weighted by atomic mass is 9.97. The highest BCUT2D eigenvalue weighted by atomic mass is 19.4. The highest BCUT2D eigenvalue weighted by molar-refractivity contribution is 5.99. The Labute approximate surface area is 238 Å². The van der Waals surface area contributed by atoms with E-state index >= 15 is 0 Å². The van der Waals surface area contributed by atoms with E-state index in [2.05, 4.69) is 46.3 Å². The monoisotopic (exact) mass is 554 g/mol. The van der Waals surface area contributed by atoms with Gasteiger partial charge in [0.15, 0.2) is 6.04 Å². The molecule has 0 aliphatic carbocycles. The Hall–Kier alpha value is -4.32. The van der Waals surface area contributed by atoms with E-state index in [9.17, 15) is 18.0 Å². The summed E-state index contributed by atoms with van der Waals surface area (Å²) < 4.78 is 44.5. The summed E-state index contributed by atoms with van der Waals surface area (Å²) in [6, 6.07) is 28.0. The fourth-order valence-electron chi connectivity index (χ4n) is 5.28. The first-order valence-electron chi connectivity index (χ1n) is 13.7. The zero-order chi connectivity index (χ0) is 29.3. The summed E-state index contributed by atoms with van der Waals surface area (Å²) in [7, 11) is 0. The van der Waals surface area contributed by atoms with Gasteiger partial charge in [0.2, 0.25) is 0 Å². The van der Waals surface area contributed by atoms with E-state index in [1.807, 2.05) is 52.0 Å². The number of nitrogens with one attached hydrogen (secondary N) is 1. The van der Waals surface area contributed by atoms with Crippen LogP contribution >= 0.6 is 0 Å². The van der Waals surface area contributed by atoms with Crippen molar-refractivity contribution in [3.63, 3.8) is 0 Å². The maximum atomic E-state index is 14.1. The third-order valence-electron chi connectivity index (χ3n) is 7.82. The molecule has 0 aliphatic heterocycles. The highest BCUT2D eigenvalue weighted by Gasteiger charge is 2.42. The third kappa shape index (κ3) is 5.92. The van der Waals surface area contributed by atoms with Gasteiger partial charge in [0.05, 0.1) is 0 Å². The normalized spacial score (nSPS) is 12.6. The molecule has 0 spiro atoms. The summed E-state index contributed by atoms with van der Waals surface area (Å²) in [6.45, 7) is 8.48. The van der Waals surface area contributed by atoms with E-state index in [4.69, 9.17) is 0 Å². The molecule has 5 rings (SSSR count). The Morgan fingerprint density at radius 3 is 2.12 bits per heavy atom. The van der Waals surface area contributed by atoms with Crippen molar-refractivity contribution in [1.82, 2.24) is 9.88 Å². The van der Waals surface area contributed by atoms with E-state index in [1.165, 1.54) is 12.1 Å². The van der Waals surface area contributed by atoms with Crippen molar-refractivity contribution in [3.8, 4) is 11.1 Å². The molecule has 3 nitrogen and oxygen atoms in total. The number of halogens is 3. The lowest BCUT2D eigenvalue weighted by Gasteiger charge is -2.23. The van der Waals surface area contributed by atoms with Crippen molar-refractivity contribution in [1.29, 1.82) is 0 Å². The quantitative estimate of drug-likeness (QED) is 0.214. The van der Waals surface area contributed by atoms with Gasteiger partial charge in [-0.3, -0.25) is 4.79 Å². The molecule has 0 saturated carbocycles. The van der Waals surface area contributed by atoms with Gasteiger partial charge in [-0.05, 0) is 71.3 Å². The molecule has 1 heterocycles. The molecule has 0 unspecified atom stereocenters. The predicted octanol–water partition coefficient (Wildman–Crippen LogP) is 9.13. The number of aromatic nitrogens is 1. The zero-order valence-corrected chi connectivity index (χ0v) is 23.6. The summed E-state index contributed by atoms with van der Waals surface area (Å²) in [5.74, 6) is -0.690. The van der Waals surface area contributed by atoms with Crippen molar-refractivity contribution in [2.75, 3.05) is 0 Å². The number of hydrogen-bond donors (Lipinski definition) is 1. The van der Waals surface area contributed by atoms with Crippen LogP contribution in [0.5, 0.6) is 0 Å². The van der Waals surface area contributed by atoms with Gasteiger partial charge in [0.25, 0.3) is 5.91 Å². The van der Waals surface area contributed by atoms with E-state index in [0.717, 1.165) is 44.4 Å². The van der Waals surface area contributed by atoms with E-state index < -0.39 is 18.1 Å². The average molecular weight is 555 g/mol. The molecule has 41 heavy (non-hydrogen) atoms. The van der Waals surface area contributed by atoms with Crippen LogP contribution in [-0.2, 0) is 6.54 Å². The molecular weight excluding hydrogens is 521 g/mol. The number of alkyl halides is 3. The van der Waals surface area contributed by atoms with Crippen molar-refractivity contribution >= 4 is 16.8 Å². The maximum absolute atomic E-state index is 14.1. The summed E-state index contributed by atoms with van der Waals surface area (Å²) in [4.78, 5) is 13.2. The van der Waals surface area contributed by atoms with Crippen LogP contribution in [-0.4, -0.2) is 16.7 Å². The first kappa shape index (κ1) is 28.2. The minimum Gasteiger partial charge on any atom is -0.340 e. The summed E-state index contributed by atoms with van der Waals surface area (Å²) in [5, 5.41) is 3.10. The molecule has 1 aromatic heterocycles. The highest BCUT2D eigenvalue weighted by Crippen LogP contribution is 2.35. The molecule has 1 N–H and O–H groups in total. The molecule has 210 valence electrons. The molecular formula is C35H33F3N2O. The molecule has 1 atom stereocenters. The fourth-order valence-corrected chi connectivity index (χ4v) is 5.28. The minimum absolute atomic E-state index is 0.0228. The number of carbonyl (C=O) groups is 1. The second-order valence-corrected chi connectivity index (χ2v) is 10.9. The summed E-state index contributed by atoms with van der Waals surface area (Å²) in [6.07, 6.45) is -4.64. The fraction of sp³-hybridized carbons (Fsp3) is 0.229. The van der Waals surface area contributed by atoms with Gasteiger partial charge < -0.3 is 9.88 Å². The van der Waals surface area contributed by atoms with Gasteiger partial charge in [-0.1, -0.05) is 92.7 Å². The first-order valence-corrected chi connectivity index (χ1v) is 13.7. The number of carbonyl (C=O) groups excluding carboxylic acids is 1. The van der Waals surface area contributed by atoms with Gasteiger partial charge in [-0.25, -0.2) is 0 Å². The van der Waals surface area contributed by atoms with Crippen LogP contribution < -0.4 is 5.32 Å². The van der Waals surface area contributed by atoms with Crippen LogP contribution in [0.2, 0.25) is 0 Å². The minimum atomic E-state index is -4.64. The first-order chi connectivity index (χ1) is 19.5. The smallest absolute Gasteiger partial charge is 0.340 e. The molecule has 0 saturated heterocycles. The van der Waals surface area contributed by atoms with Gasteiger partial charge in [0.1, 0.15) is 0 Å². The van der Waals surface area contributed by atoms with Crippen LogP contribution in [0, 0.1) is 13.8 Å². The third-order valence-corrected chi connectivity index (χ3v) is 7.82. The summed E-state index contributed by atoms with van der Waals surface area (Å²) in [5.41, 5.74) is 7.40. The molecule has 6 heteroatoms. The standard InChI is InChI=1S/C35H33F3N2O/c1-22(2)28-11-8-12-29(19-28)33(35(36,37)38)39-34(41)30-17-18-32-31(20-30)23(3)24(4)40(32)21-25-13-15-27(16-14-25)26-9-6-5-7-10-26/h5-20,22,33H,21H2,1-4H3,(H,39,41)/t33-/m1/s1. The van der Waals surface area contributed by atoms with E-state index in [0.29, 0.717) is 6.54 Å². The molecule has 5 aromatic rings. The molecule has 0 bridgehead atoms. The van der Waals surface area contributed by atoms with Gasteiger partial charge in [-0.15, -0.1) is 0 Å². The van der Waals surface area contributed by atoms with Crippen molar-refractivity contribution < 1.29 is 18.0 Å². The van der Waals surface area contributed by atoms with E-state index in [-0.39, 0.29) is 17.0 Å². The number of aryl methyl sites for hydroxylation is 1. The van der Waals surface area contributed by atoms with Gasteiger partial charge >= 0.3 is 6.18 Å². The van der Waals surface area contributed by atoms with E-state index in [1.54, 1.807) is 24.3 Å². The number of benzene rings is 4. The predicted molar refractivity (Wildman–Crippen MR) is 159 cm³/mol. The second kappa shape index (κ2) is 11.3. The number of nitrogens with zero attached hydrogens (tertiary/aromatic N) is 1. The van der Waals surface area contributed by atoms with Crippen molar-refractivity contribution in [3.05, 3.63) is 131 Å². The molecule has 1 amide bonds. The topological polar surface area (TPSA) is 34.0 Å². The number of hydrogen-bond acceptors (Lipinski definition) is 1. The lowest BCUT2D eigenvalue weighted by molar-refractivity contribution is -0.155. The Morgan fingerprint density at radius 2 is 1.46 bits per heavy atom. The number of fused-ring (bicyclic) bond motifs is 1. The molecule has 0 radical (unpaired) electrons. The SMILES string of the molecule is Cc1c(C)n(Cc2ccc(-c3ccccc3)cc2)c2ccc(C(=O)N[C@H](c3cccc(C(C)C)c3)C(F)(F)F)cc12. The second-order valence-electron chi connectivity index (χ2n) is 10.9. The van der Waals surface area contributed by atoms with Gasteiger partial charge in [0, 0.05) is 28.7 Å². The van der Waals surface area contributed by atoms with Crippen LogP contribution in [0.3, 0.4) is 0 Å². The lowest BCUT2D eigenvalue weighted by Crippen LogP contribution is -2.38. The Kier molecular flexibility index (Phi) is 7.76.